The van der Waals surface area contributed by atoms with Gasteiger partial charge >= 0.3 is 0 Å². The topological polar surface area (TPSA) is 20.3 Å². The van der Waals surface area contributed by atoms with Crippen LogP contribution in [0.1, 0.15) is 18.1 Å². The van der Waals surface area contributed by atoms with Gasteiger partial charge in [-0.15, -0.1) is 0 Å². The number of hydrogen-bond acceptors (Lipinski definition) is 2. The van der Waals surface area contributed by atoms with Gasteiger partial charge in [-0.2, -0.15) is 0 Å². The van der Waals surface area contributed by atoms with E-state index in [1.165, 1.54) is 0 Å². The summed E-state index contributed by atoms with van der Waals surface area (Å²) in [4.78, 5) is 15.2. The molecule has 2 nitrogen and oxygen atoms in total. The zero-order valence-corrected chi connectivity index (χ0v) is 18.3. The Bertz CT molecular complexity index is 759. The summed E-state index contributed by atoms with van der Waals surface area (Å²) in [6.07, 6.45) is 4.01. The number of carbonyl (C=O) groups excluding carboxylic acids is 1. The van der Waals surface area contributed by atoms with Crippen molar-refractivity contribution in [2.75, 3.05) is 19.6 Å². The summed E-state index contributed by atoms with van der Waals surface area (Å²) in [7, 11) is 0. The maximum atomic E-state index is 12.9. The highest BCUT2D eigenvalue weighted by Gasteiger charge is 2.25. The number of halogens is 3. The number of nitrogens with zero attached hydrogens (tertiary/aromatic N) is 1. The van der Waals surface area contributed by atoms with Crippen LogP contribution < -0.4 is 12.4 Å². The maximum absolute atomic E-state index is 12.9. The molecular weight excluding hydrogens is 477 g/mol. The van der Waals surface area contributed by atoms with Crippen molar-refractivity contribution in [1.82, 2.24) is 4.90 Å². The Kier molecular flexibility index (Phi) is 7.84. The second-order valence-corrected chi connectivity index (χ2v) is 7.91. The van der Waals surface area contributed by atoms with Gasteiger partial charge in [0, 0.05) is 33.2 Å². The lowest BCUT2D eigenvalue weighted by atomic mass is 9.94. The van der Waals surface area contributed by atoms with Gasteiger partial charge in [0.15, 0.2) is 5.78 Å². The summed E-state index contributed by atoms with van der Waals surface area (Å²) in [5, 5.41) is 0. The standard InChI is InChI=1S/C21H19Br2NO.ClH/c1-2-24-13-17(11-15-3-7-19(22)8-4-15)21(25)18(14-24)12-16-5-9-20(23)10-6-16;/h3-12H,2,13-14H2,1H3;1H/p-1/b17-11-,18-12+;. The Morgan fingerprint density at radius 1 is 0.846 bits per heavy atom. The number of benzene rings is 2. The van der Waals surface area contributed by atoms with Crippen molar-refractivity contribution in [1.29, 1.82) is 0 Å². The zero-order valence-electron chi connectivity index (χ0n) is 14.4. The van der Waals surface area contributed by atoms with E-state index in [0.29, 0.717) is 13.1 Å². The average Bonchev–Trinajstić information content (AvgIpc) is 2.62. The van der Waals surface area contributed by atoms with Gasteiger partial charge in [-0.25, -0.2) is 0 Å². The lowest BCUT2D eigenvalue weighted by Crippen LogP contribution is -3.00. The Hall–Kier alpha value is -1.20. The molecule has 0 atom stereocenters. The normalized spacial score (nSPS) is 18.2. The summed E-state index contributed by atoms with van der Waals surface area (Å²) in [6, 6.07) is 16.1. The quantitative estimate of drug-likeness (QED) is 0.609. The zero-order chi connectivity index (χ0) is 17.8. The van der Waals surface area contributed by atoms with Crippen LogP contribution in [0.5, 0.6) is 0 Å². The summed E-state index contributed by atoms with van der Waals surface area (Å²) in [6.45, 7) is 4.44. The van der Waals surface area contributed by atoms with Gasteiger partial charge in [-0.3, -0.25) is 9.69 Å². The molecule has 1 fully saturated rings. The lowest BCUT2D eigenvalue weighted by molar-refractivity contribution is -0.113. The monoisotopic (exact) mass is 494 g/mol. The fourth-order valence-electron chi connectivity index (χ4n) is 2.85. The number of likely N-dealkylation sites (N-methyl/N-ethyl adjacent to an activating group) is 1. The van der Waals surface area contributed by atoms with Gasteiger partial charge < -0.3 is 12.4 Å². The van der Waals surface area contributed by atoms with Crippen molar-refractivity contribution in [2.45, 2.75) is 6.92 Å². The van der Waals surface area contributed by atoms with Crippen molar-refractivity contribution in [2.24, 2.45) is 0 Å². The summed E-state index contributed by atoms with van der Waals surface area (Å²) in [5.74, 6) is 0.149. The SMILES string of the molecule is CCN1C/C(=C/c2ccc(Br)cc2)C(=O)/C(=C/c2ccc(Br)cc2)C1.[Cl-]. The molecule has 0 aliphatic carbocycles. The van der Waals surface area contributed by atoms with Crippen LogP contribution in [0.3, 0.4) is 0 Å². The van der Waals surface area contributed by atoms with E-state index in [9.17, 15) is 4.79 Å². The molecule has 1 heterocycles. The largest absolute Gasteiger partial charge is 1.00 e. The van der Waals surface area contributed by atoms with Gasteiger partial charge in [0.1, 0.15) is 0 Å². The van der Waals surface area contributed by atoms with E-state index in [4.69, 9.17) is 0 Å². The second kappa shape index (κ2) is 9.65. The van der Waals surface area contributed by atoms with Gasteiger partial charge in [-0.05, 0) is 54.1 Å². The van der Waals surface area contributed by atoms with Gasteiger partial charge in [0.2, 0.25) is 0 Å². The van der Waals surface area contributed by atoms with Crippen LogP contribution in [0.25, 0.3) is 12.2 Å². The molecular formula is C21H19Br2ClNO-. The molecule has 0 unspecified atom stereocenters. The molecule has 5 heteroatoms. The molecule has 1 aliphatic heterocycles. The molecule has 1 saturated heterocycles. The first-order valence-corrected chi connectivity index (χ1v) is 9.83. The van der Waals surface area contributed by atoms with Crippen LogP contribution >= 0.6 is 31.9 Å². The third kappa shape index (κ3) is 5.40. The fraction of sp³-hybridized carbons (Fsp3) is 0.190. The number of rotatable bonds is 3. The van der Waals surface area contributed by atoms with Crippen molar-refractivity contribution < 1.29 is 17.2 Å². The predicted molar refractivity (Wildman–Crippen MR) is 111 cm³/mol. The van der Waals surface area contributed by atoms with E-state index >= 15 is 0 Å². The molecule has 0 spiro atoms. The first-order valence-electron chi connectivity index (χ1n) is 8.24. The van der Waals surface area contributed by atoms with Crippen LogP contribution in [0, 0.1) is 0 Å². The second-order valence-electron chi connectivity index (χ2n) is 6.07. The summed E-state index contributed by atoms with van der Waals surface area (Å²) in [5.41, 5.74) is 3.79. The molecule has 1 aliphatic rings. The Morgan fingerprint density at radius 3 is 1.58 bits per heavy atom. The highest BCUT2D eigenvalue weighted by molar-refractivity contribution is 9.10. The molecule has 0 radical (unpaired) electrons. The van der Waals surface area contributed by atoms with Gasteiger partial charge in [0.05, 0.1) is 0 Å². The Labute approximate surface area is 177 Å². The van der Waals surface area contributed by atoms with E-state index in [-0.39, 0.29) is 18.2 Å². The first kappa shape index (κ1) is 21.1. The molecule has 2 aromatic carbocycles. The van der Waals surface area contributed by atoms with Crippen molar-refractivity contribution in [3.8, 4) is 0 Å². The van der Waals surface area contributed by atoms with E-state index in [0.717, 1.165) is 37.8 Å². The summed E-state index contributed by atoms with van der Waals surface area (Å²) < 4.78 is 2.08. The summed E-state index contributed by atoms with van der Waals surface area (Å²) >= 11 is 6.89. The number of Topliss-reactive ketones (excluding diaryl/α,β-unsaturated/α-hetero) is 1. The minimum absolute atomic E-state index is 0. The van der Waals surface area contributed by atoms with Crippen molar-refractivity contribution >= 4 is 49.8 Å². The number of piperidine rings is 1. The predicted octanol–water partition coefficient (Wildman–Crippen LogP) is 2.59. The van der Waals surface area contributed by atoms with Gasteiger partial charge in [-0.1, -0.05) is 63.0 Å². The molecule has 26 heavy (non-hydrogen) atoms. The third-order valence-electron chi connectivity index (χ3n) is 4.24. The van der Waals surface area contributed by atoms with E-state index in [2.05, 4.69) is 43.7 Å². The lowest BCUT2D eigenvalue weighted by Gasteiger charge is -2.28. The van der Waals surface area contributed by atoms with Crippen molar-refractivity contribution in [3.05, 3.63) is 79.7 Å². The van der Waals surface area contributed by atoms with E-state index in [1.54, 1.807) is 0 Å². The van der Waals surface area contributed by atoms with Gasteiger partial charge in [0.25, 0.3) is 0 Å². The molecule has 136 valence electrons. The maximum Gasteiger partial charge on any atom is 0.187 e. The number of hydrogen-bond donors (Lipinski definition) is 0. The molecule has 0 amide bonds. The molecule has 2 aromatic rings. The van der Waals surface area contributed by atoms with Crippen LogP contribution in [0.4, 0.5) is 0 Å². The molecule has 0 saturated carbocycles. The Morgan fingerprint density at radius 2 is 1.23 bits per heavy atom. The van der Waals surface area contributed by atoms with E-state index < -0.39 is 0 Å². The minimum Gasteiger partial charge on any atom is -1.00 e. The first-order chi connectivity index (χ1) is 12.0. The number of carbonyl (C=O) groups is 1. The highest BCUT2D eigenvalue weighted by atomic mass is 79.9. The highest BCUT2D eigenvalue weighted by Crippen LogP contribution is 2.23. The smallest absolute Gasteiger partial charge is 0.187 e. The number of likely N-dealkylation sites (tertiary alicyclic amines) is 1. The van der Waals surface area contributed by atoms with Crippen LogP contribution in [0.2, 0.25) is 0 Å². The fourth-order valence-corrected chi connectivity index (χ4v) is 3.38. The minimum atomic E-state index is 0. The molecule has 3 rings (SSSR count). The average molecular weight is 497 g/mol. The Balaban J connectivity index is 0.00000243. The van der Waals surface area contributed by atoms with Crippen molar-refractivity contribution in [3.63, 3.8) is 0 Å². The number of ketones is 1. The van der Waals surface area contributed by atoms with Crippen LogP contribution in [-0.4, -0.2) is 30.3 Å². The molecule has 0 aromatic heterocycles. The van der Waals surface area contributed by atoms with Crippen LogP contribution in [0.15, 0.2) is 68.6 Å². The van der Waals surface area contributed by atoms with E-state index in [1.807, 2.05) is 60.7 Å². The molecule has 0 bridgehead atoms. The third-order valence-corrected chi connectivity index (χ3v) is 5.30. The van der Waals surface area contributed by atoms with Crippen LogP contribution in [-0.2, 0) is 4.79 Å². The molecule has 0 N–H and O–H groups in total.